The van der Waals surface area contributed by atoms with Crippen molar-refractivity contribution < 1.29 is 24.5 Å². The number of carboxylic acid groups (broad SMARTS) is 1. The average Bonchev–Trinajstić information content (AvgIpc) is 2.29. The van der Waals surface area contributed by atoms with E-state index in [1.54, 1.807) is 0 Å². The molecule has 5 heteroatoms. The monoisotopic (exact) mass is 258 g/mol. The number of aliphatic hydroxyl groups is 1. The molecular formula is C13H22O5. The van der Waals surface area contributed by atoms with Crippen molar-refractivity contribution in [3.05, 3.63) is 24.8 Å². The highest BCUT2D eigenvalue weighted by atomic mass is 16.6. The highest BCUT2D eigenvalue weighted by Crippen LogP contribution is 2.04. The van der Waals surface area contributed by atoms with Gasteiger partial charge in [-0.3, -0.25) is 0 Å². The van der Waals surface area contributed by atoms with E-state index in [4.69, 9.17) is 10.2 Å². The molecule has 0 radical (unpaired) electrons. The van der Waals surface area contributed by atoms with Crippen molar-refractivity contribution in [3.8, 4) is 0 Å². The van der Waals surface area contributed by atoms with Crippen LogP contribution < -0.4 is 0 Å². The van der Waals surface area contributed by atoms with Crippen LogP contribution in [0.5, 0.6) is 0 Å². The van der Waals surface area contributed by atoms with Crippen LogP contribution >= 0.6 is 0 Å². The van der Waals surface area contributed by atoms with E-state index in [0.717, 1.165) is 25.3 Å². The van der Waals surface area contributed by atoms with Gasteiger partial charge in [-0.05, 0) is 13.3 Å². The van der Waals surface area contributed by atoms with Gasteiger partial charge in [-0.1, -0.05) is 32.9 Å². The molecule has 0 aliphatic rings. The maximum atomic E-state index is 10.6. The first-order valence-corrected chi connectivity index (χ1v) is 5.75. The Hall–Kier alpha value is -1.62. The molecule has 0 amide bonds. The second kappa shape index (κ2) is 11.9. The molecule has 2 N–H and O–H groups in total. The van der Waals surface area contributed by atoms with Gasteiger partial charge in [-0.15, -0.1) is 0 Å². The summed E-state index contributed by atoms with van der Waals surface area (Å²) >= 11 is 0. The molecule has 1 atom stereocenters. The van der Waals surface area contributed by atoms with Crippen LogP contribution in [0.15, 0.2) is 24.8 Å². The van der Waals surface area contributed by atoms with Crippen LogP contribution in [0.2, 0.25) is 0 Å². The molecule has 104 valence electrons. The Kier molecular flexibility index (Phi) is 12.3. The summed E-state index contributed by atoms with van der Waals surface area (Å²) in [6, 6.07) is 0. The minimum atomic E-state index is -0.970. The SMILES string of the molecule is C=C(C)C(=O)O.C=CC(=O)OC(O)CCCCC. The van der Waals surface area contributed by atoms with Crippen LogP contribution in [0.1, 0.15) is 39.5 Å². The predicted octanol–water partition coefficient (Wildman–Crippen LogP) is 2.26. The fourth-order valence-electron chi connectivity index (χ4n) is 0.810. The van der Waals surface area contributed by atoms with Gasteiger partial charge in [0.05, 0.1) is 0 Å². The van der Waals surface area contributed by atoms with Crippen molar-refractivity contribution in [1.82, 2.24) is 0 Å². The van der Waals surface area contributed by atoms with Crippen molar-refractivity contribution in [3.63, 3.8) is 0 Å². The molecule has 0 aromatic heterocycles. The Bertz CT molecular complexity index is 271. The van der Waals surface area contributed by atoms with Crippen molar-refractivity contribution in [2.45, 2.75) is 45.8 Å². The van der Waals surface area contributed by atoms with Crippen molar-refractivity contribution >= 4 is 11.9 Å². The van der Waals surface area contributed by atoms with E-state index >= 15 is 0 Å². The first kappa shape index (κ1) is 18.7. The standard InChI is InChI=1S/C9H16O3.C4H6O2/c1-3-5-6-7-9(11)12-8(10)4-2;1-3(2)4(5)6/h4,9,11H,2-3,5-7H2,1H3;1H2,2H3,(H,5,6). The molecule has 1 unspecified atom stereocenters. The third kappa shape index (κ3) is 14.4. The number of hydrogen-bond acceptors (Lipinski definition) is 4. The minimum Gasteiger partial charge on any atom is -0.478 e. The molecule has 0 aromatic carbocycles. The van der Waals surface area contributed by atoms with Crippen LogP contribution in [0.4, 0.5) is 0 Å². The van der Waals surface area contributed by atoms with Crippen LogP contribution in [0, 0.1) is 0 Å². The minimum absolute atomic E-state index is 0.176. The van der Waals surface area contributed by atoms with E-state index in [1.807, 2.05) is 0 Å². The zero-order valence-corrected chi connectivity index (χ0v) is 11.0. The van der Waals surface area contributed by atoms with Crippen molar-refractivity contribution in [2.75, 3.05) is 0 Å². The molecule has 0 heterocycles. The molecule has 0 rings (SSSR count). The lowest BCUT2D eigenvalue weighted by Gasteiger charge is -2.09. The van der Waals surface area contributed by atoms with Crippen LogP contribution in [0.3, 0.4) is 0 Å². The highest BCUT2D eigenvalue weighted by molar-refractivity contribution is 5.84. The smallest absolute Gasteiger partial charge is 0.332 e. The number of rotatable bonds is 7. The van der Waals surface area contributed by atoms with Crippen molar-refractivity contribution in [2.24, 2.45) is 0 Å². The van der Waals surface area contributed by atoms with E-state index < -0.39 is 18.2 Å². The normalized spacial score (nSPS) is 10.6. The summed E-state index contributed by atoms with van der Waals surface area (Å²) in [5, 5.41) is 17.0. The average molecular weight is 258 g/mol. The summed E-state index contributed by atoms with van der Waals surface area (Å²) in [6.45, 7) is 9.90. The molecule has 0 saturated heterocycles. The van der Waals surface area contributed by atoms with Gasteiger partial charge in [0.25, 0.3) is 0 Å². The molecular weight excluding hydrogens is 236 g/mol. The third-order valence-electron chi connectivity index (χ3n) is 1.84. The van der Waals surface area contributed by atoms with E-state index in [0.29, 0.717) is 6.42 Å². The molecule has 0 spiro atoms. The predicted molar refractivity (Wildman–Crippen MR) is 68.9 cm³/mol. The first-order valence-electron chi connectivity index (χ1n) is 5.75. The maximum absolute atomic E-state index is 10.6. The summed E-state index contributed by atoms with van der Waals surface area (Å²) in [7, 11) is 0. The lowest BCUT2D eigenvalue weighted by atomic mass is 10.2. The topological polar surface area (TPSA) is 83.8 Å². The van der Waals surface area contributed by atoms with E-state index in [2.05, 4.69) is 24.8 Å². The number of hydrogen-bond donors (Lipinski definition) is 2. The highest BCUT2D eigenvalue weighted by Gasteiger charge is 2.06. The van der Waals surface area contributed by atoms with Crippen LogP contribution in [-0.2, 0) is 14.3 Å². The number of aliphatic hydroxyl groups excluding tert-OH is 1. The second-order valence-electron chi connectivity index (χ2n) is 3.68. The van der Waals surface area contributed by atoms with E-state index in [1.165, 1.54) is 6.92 Å². The number of esters is 1. The van der Waals surface area contributed by atoms with Crippen molar-refractivity contribution in [1.29, 1.82) is 0 Å². The Morgan fingerprint density at radius 1 is 1.39 bits per heavy atom. The number of ether oxygens (including phenoxy) is 1. The van der Waals surface area contributed by atoms with Crippen LogP contribution in [-0.4, -0.2) is 28.4 Å². The molecule has 0 bridgehead atoms. The fourth-order valence-corrected chi connectivity index (χ4v) is 0.810. The number of unbranched alkanes of at least 4 members (excludes halogenated alkanes) is 2. The number of carbonyl (C=O) groups is 2. The molecule has 5 nitrogen and oxygen atoms in total. The van der Waals surface area contributed by atoms with Gasteiger partial charge in [0, 0.05) is 18.1 Å². The number of carboxylic acids is 1. The summed E-state index contributed by atoms with van der Waals surface area (Å²) in [5.74, 6) is -1.51. The molecule has 0 aromatic rings. The van der Waals surface area contributed by atoms with Gasteiger partial charge < -0.3 is 14.9 Å². The molecule has 18 heavy (non-hydrogen) atoms. The molecule has 0 aliphatic carbocycles. The zero-order chi connectivity index (χ0) is 14.6. The summed E-state index contributed by atoms with van der Waals surface area (Å²) in [6.07, 6.45) is 3.59. The first-order chi connectivity index (χ1) is 8.34. The van der Waals surface area contributed by atoms with Gasteiger partial charge in [0.15, 0.2) is 0 Å². The van der Waals surface area contributed by atoms with Gasteiger partial charge in [-0.2, -0.15) is 0 Å². The number of aliphatic carboxylic acids is 1. The summed E-state index contributed by atoms with van der Waals surface area (Å²) < 4.78 is 4.54. The zero-order valence-electron chi connectivity index (χ0n) is 11.0. The van der Waals surface area contributed by atoms with E-state index in [9.17, 15) is 9.59 Å². The molecule has 0 saturated carbocycles. The maximum Gasteiger partial charge on any atom is 0.332 e. The van der Waals surface area contributed by atoms with Crippen LogP contribution in [0.25, 0.3) is 0 Å². The summed E-state index contributed by atoms with van der Waals surface area (Å²) in [4.78, 5) is 20.2. The third-order valence-corrected chi connectivity index (χ3v) is 1.84. The fraction of sp³-hybridized carbons (Fsp3) is 0.538. The Morgan fingerprint density at radius 3 is 2.22 bits per heavy atom. The lowest BCUT2D eigenvalue weighted by molar-refractivity contribution is -0.162. The molecule has 0 aliphatic heterocycles. The Labute approximate surface area is 108 Å². The largest absolute Gasteiger partial charge is 0.478 e. The second-order valence-corrected chi connectivity index (χ2v) is 3.68. The summed E-state index contributed by atoms with van der Waals surface area (Å²) in [5.41, 5.74) is 0.176. The van der Waals surface area contributed by atoms with Gasteiger partial charge in [0.1, 0.15) is 0 Å². The Morgan fingerprint density at radius 2 is 1.89 bits per heavy atom. The number of carbonyl (C=O) groups excluding carboxylic acids is 1. The molecule has 0 fully saturated rings. The van der Waals surface area contributed by atoms with Gasteiger partial charge >= 0.3 is 11.9 Å². The Balaban J connectivity index is 0. The lowest BCUT2D eigenvalue weighted by Crippen LogP contribution is -2.15. The van der Waals surface area contributed by atoms with E-state index in [-0.39, 0.29) is 5.57 Å². The van der Waals surface area contributed by atoms with Gasteiger partial charge in [-0.25, -0.2) is 9.59 Å². The van der Waals surface area contributed by atoms with Gasteiger partial charge in [0.2, 0.25) is 6.29 Å². The quantitative estimate of drug-likeness (QED) is 0.317.